The van der Waals surface area contributed by atoms with Crippen molar-refractivity contribution in [2.45, 2.75) is 90.4 Å². The molecule has 0 aliphatic carbocycles. The third-order valence-electron chi connectivity index (χ3n) is 3.34. The van der Waals surface area contributed by atoms with Crippen LogP contribution in [0.5, 0.6) is 0 Å². The average molecular weight is 367 g/mol. The van der Waals surface area contributed by atoms with E-state index in [0.29, 0.717) is 6.61 Å². The third-order valence-corrected chi connectivity index (χ3v) is 13.5. The van der Waals surface area contributed by atoms with E-state index < -0.39 is 25.2 Å². The molecule has 0 atom stereocenters. The maximum absolute atomic E-state index is 8.25. The van der Waals surface area contributed by atoms with Gasteiger partial charge in [0.25, 0.3) is 0 Å². The van der Waals surface area contributed by atoms with Crippen molar-refractivity contribution in [2.75, 3.05) is 6.61 Å². The van der Waals surface area contributed by atoms with Gasteiger partial charge in [-0.2, -0.15) is 0 Å². The smallest absolute Gasteiger partial charge is 0.311 e. The molecule has 0 aliphatic rings. The van der Waals surface area contributed by atoms with Gasteiger partial charge in [-0.25, -0.2) is 4.89 Å². The molecule has 22 heavy (non-hydrogen) atoms. The van der Waals surface area contributed by atoms with Crippen LogP contribution in [0.15, 0.2) is 0 Å². The molecule has 134 valence electrons. The van der Waals surface area contributed by atoms with Gasteiger partial charge in [0.15, 0.2) is 16.6 Å². The second-order valence-electron chi connectivity index (χ2n) is 8.18. The lowest BCUT2D eigenvalue weighted by Crippen LogP contribution is -2.51. The Morgan fingerprint density at radius 2 is 1.18 bits per heavy atom. The summed E-state index contributed by atoms with van der Waals surface area (Å²) in [4.78, 5) is 4.08. The summed E-state index contributed by atoms with van der Waals surface area (Å²) in [6.07, 6.45) is 7.12. The van der Waals surface area contributed by atoms with Crippen molar-refractivity contribution in [2.24, 2.45) is 0 Å². The Labute approximate surface area is 141 Å². The zero-order valence-corrected chi connectivity index (χ0v) is 18.8. The van der Waals surface area contributed by atoms with Crippen LogP contribution in [0.4, 0.5) is 0 Å². The van der Waals surface area contributed by atoms with E-state index in [0.717, 1.165) is 12.8 Å². The summed E-state index contributed by atoms with van der Waals surface area (Å²) in [5.41, 5.74) is 0. The highest BCUT2D eigenvalue weighted by molar-refractivity contribution is 6.87. The molecular formula is C15H38O4Si3. The molecule has 4 nitrogen and oxygen atoms in total. The van der Waals surface area contributed by atoms with Gasteiger partial charge in [0.05, 0.1) is 6.61 Å². The van der Waals surface area contributed by atoms with E-state index in [1.54, 1.807) is 0 Å². The van der Waals surface area contributed by atoms with Gasteiger partial charge in [-0.1, -0.05) is 32.1 Å². The highest BCUT2D eigenvalue weighted by Crippen LogP contribution is 2.24. The lowest BCUT2D eigenvalue weighted by atomic mass is 10.1. The van der Waals surface area contributed by atoms with Crippen molar-refractivity contribution >= 4 is 25.2 Å². The Bertz CT molecular complexity index is 291. The molecule has 0 amide bonds. The molecule has 0 spiro atoms. The van der Waals surface area contributed by atoms with Crippen LogP contribution in [0.3, 0.4) is 0 Å². The minimum absolute atomic E-state index is 0.463. The second-order valence-corrected chi connectivity index (χ2v) is 20.9. The van der Waals surface area contributed by atoms with Crippen LogP contribution >= 0.6 is 0 Å². The van der Waals surface area contributed by atoms with Gasteiger partial charge in [0.2, 0.25) is 0 Å². The van der Waals surface area contributed by atoms with Crippen molar-refractivity contribution in [3.63, 3.8) is 0 Å². The topological polar surface area (TPSA) is 47.9 Å². The molecule has 0 saturated carbocycles. The minimum atomic E-state index is -1.98. The van der Waals surface area contributed by atoms with E-state index in [9.17, 15) is 0 Å². The Morgan fingerprint density at radius 1 is 0.682 bits per heavy atom. The first-order valence-corrected chi connectivity index (χ1v) is 18.0. The molecule has 0 aliphatic heterocycles. The Kier molecular flexibility index (Phi) is 10.6. The standard InChI is InChI=1S/C15H38O4Si3/c1-20(2,3)18-22(6,7)19-21(4,5)15-13-11-9-8-10-12-14-17-16/h16H,8-15H2,1-7H3. The molecule has 0 heterocycles. The van der Waals surface area contributed by atoms with Crippen LogP contribution in [-0.2, 0) is 13.1 Å². The fourth-order valence-corrected chi connectivity index (χ4v) is 16.2. The van der Waals surface area contributed by atoms with E-state index in [4.69, 9.17) is 13.5 Å². The van der Waals surface area contributed by atoms with Crippen molar-refractivity contribution in [3.05, 3.63) is 0 Å². The van der Waals surface area contributed by atoms with Gasteiger partial charge in [-0.05, 0) is 58.3 Å². The Balaban J connectivity index is 3.90. The van der Waals surface area contributed by atoms with Gasteiger partial charge >= 0.3 is 8.56 Å². The molecule has 0 bridgehead atoms. The van der Waals surface area contributed by atoms with E-state index in [2.05, 4.69) is 50.7 Å². The zero-order chi connectivity index (χ0) is 17.3. The molecule has 0 radical (unpaired) electrons. The first-order valence-electron chi connectivity index (χ1n) is 8.64. The molecule has 0 aromatic carbocycles. The van der Waals surface area contributed by atoms with Crippen molar-refractivity contribution < 1.29 is 18.4 Å². The van der Waals surface area contributed by atoms with Crippen LogP contribution in [0.25, 0.3) is 0 Å². The molecule has 0 fully saturated rings. The van der Waals surface area contributed by atoms with Crippen LogP contribution in [0, 0.1) is 0 Å². The summed E-state index contributed by atoms with van der Waals surface area (Å²) in [5.74, 6) is 0. The fourth-order valence-electron chi connectivity index (χ4n) is 2.90. The maximum atomic E-state index is 8.25. The van der Waals surface area contributed by atoms with Gasteiger partial charge in [-0.3, -0.25) is 5.26 Å². The number of hydrogen-bond acceptors (Lipinski definition) is 4. The summed E-state index contributed by atoms with van der Waals surface area (Å²) in [7, 11) is -5.11. The number of unbranched alkanes of at least 4 members (excludes halogenated alkanes) is 5. The van der Waals surface area contributed by atoms with Gasteiger partial charge < -0.3 is 8.23 Å². The monoisotopic (exact) mass is 366 g/mol. The summed E-state index contributed by atoms with van der Waals surface area (Å²) in [6, 6.07) is 1.22. The minimum Gasteiger partial charge on any atom is -0.437 e. The molecule has 0 aromatic rings. The lowest BCUT2D eigenvalue weighted by Gasteiger charge is -2.37. The van der Waals surface area contributed by atoms with Crippen LogP contribution < -0.4 is 0 Å². The van der Waals surface area contributed by atoms with Crippen LogP contribution in [0.2, 0.25) is 51.9 Å². The first kappa shape index (κ1) is 22.5. The number of hydrogen-bond donors (Lipinski definition) is 1. The molecule has 1 N–H and O–H groups in total. The van der Waals surface area contributed by atoms with Crippen LogP contribution in [0.1, 0.15) is 38.5 Å². The number of rotatable bonds is 13. The normalized spacial score (nSPS) is 13.6. The quantitative estimate of drug-likeness (QED) is 0.200. The van der Waals surface area contributed by atoms with Crippen molar-refractivity contribution in [3.8, 4) is 0 Å². The van der Waals surface area contributed by atoms with Crippen LogP contribution in [-0.4, -0.2) is 37.1 Å². The van der Waals surface area contributed by atoms with E-state index in [-0.39, 0.29) is 0 Å². The zero-order valence-electron chi connectivity index (χ0n) is 15.8. The van der Waals surface area contributed by atoms with Crippen molar-refractivity contribution in [1.29, 1.82) is 0 Å². The van der Waals surface area contributed by atoms with Gasteiger partial charge in [-0.15, -0.1) is 0 Å². The predicted molar refractivity (Wildman–Crippen MR) is 102 cm³/mol. The van der Waals surface area contributed by atoms with Crippen molar-refractivity contribution in [1.82, 2.24) is 0 Å². The Hall–Kier alpha value is 0.491. The summed E-state index contributed by atoms with van der Waals surface area (Å²) in [5, 5.41) is 8.25. The van der Waals surface area contributed by atoms with Gasteiger partial charge in [0.1, 0.15) is 0 Å². The first-order chi connectivity index (χ1) is 9.97. The van der Waals surface area contributed by atoms with E-state index in [1.807, 2.05) is 0 Å². The Morgan fingerprint density at radius 3 is 1.68 bits per heavy atom. The van der Waals surface area contributed by atoms with Gasteiger partial charge in [0, 0.05) is 0 Å². The van der Waals surface area contributed by atoms with E-state index >= 15 is 0 Å². The fraction of sp³-hybridized carbons (Fsp3) is 1.00. The average Bonchev–Trinajstić information content (AvgIpc) is 2.27. The third kappa shape index (κ3) is 14.1. The molecule has 0 rings (SSSR count). The summed E-state index contributed by atoms with van der Waals surface area (Å²) >= 11 is 0. The molecule has 0 unspecified atom stereocenters. The SMILES string of the molecule is C[Si](C)(C)O[Si](C)(C)O[Si](C)(C)CCCCCCCCOO. The predicted octanol–water partition coefficient (Wildman–Crippen LogP) is 5.59. The highest BCUT2D eigenvalue weighted by atomic mass is 28.5. The highest BCUT2D eigenvalue weighted by Gasteiger charge is 2.37. The second kappa shape index (κ2) is 10.4. The maximum Gasteiger partial charge on any atom is 0.311 e. The van der Waals surface area contributed by atoms with E-state index in [1.165, 1.54) is 31.7 Å². The molecule has 0 aromatic heterocycles. The molecular weight excluding hydrogens is 328 g/mol. The summed E-state index contributed by atoms with van der Waals surface area (Å²) < 4.78 is 12.8. The summed E-state index contributed by atoms with van der Waals surface area (Å²) in [6.45, 7) is 16.2. The molecule has 7 heteroatoms. The molecule has 0 saturated heterocycles. The lowest BCUT2D eigenvalue weighted by molar-refractivity contribution is -0.242. The largest absolute Gasteiger partial charge is 0.437 e.